The first-order valence-electron chi connectivity index (χ1n) is 2.35. The summed E-state index contributed by atoms with van der Waals surface area (Å²) in [6, 6.07) is 0. The summed E-state index contributed by atoms with van der Waals surface area (Å²) in [4.78, 5) is 9.82. The highest BCUT2D eigenvalue weighted by Crippen LogP contribution is 1.69. The average Bonchev–Trinajstić information content (AvgIpc) is 1.72. The smallest absolute Gasteiger partial charge is 0.302 e. The SMILES string of the molecule is CCOC(C)=O.CO.Cl. The lowest BCUT2D eigenvalue weighted by molar-refractivity contribution is -0.140. The number of hydrogen-bond acceptors (Lipinski definition) is 3. The average molecular weight is 157 g/mol. The van der Waals surface area contributed by atoms with Crippen LogP contribution in [0.2, 0.25) is 0 Å². The molecule has 0 bridgehead atoms. The standard InChI is InChI=1S/C4H8O2.CH4O.ClH/c1-3-6-4(2)5;1-2;/h3H2,1-2H3;2H,1H3;1H. The van der Waals surface area contributed by atoms with Gasteiger partial charge in [0.25, 0.3) is 0 Å². The second-order valence-corrected chi connectivity index (χ2v) is 0.925. The summed E-state index contributed by atoms with van der Waals surface area (Å²) in [5, 5.41) is 7.00. The highest BCUT2D eigenvalue weighted by molar-refractivity contribution is 5.85. The summed E-state index contributed by atoms with van der Waals surface area (Å²) in [7, 11) is 1.00. The molecule has 0 aliphatic rings. The summed E-state index contributed by atoms with van der Waals surface area (Å²) in [6.07, 6.45) is 0. The van der Waals surface area contributed by atoms with E-state index in [1.54, 1.807) is 6.92 Å². The molecule has 0 spiro atoms. The number of esters is 1. The lowest BCUT2D eigenvalue weighted by Crippen LogP contribution is -1.95. The molecule has 3 nitrogen and oxygen atoms in total. The summed E-state index contributed by atoms with van der Waals surface area (Å²) < 4.78 is 4.40. The van der Waals surface area contributed by atoms with Crippen LogP contribution in [0.5, 0.6) is 0 Å². The number of carbonyl (C=O) groups excluding carboxylic acids is 1. The van der Waals surface area contributed by atoms with Crippen molar-refractivity contribution in [3.8, 4) is 0 Å². The summed E-state index contributed by atoms with van der Waals surface area (Å²) >= 11 is 0. The van der Waals surface area contributed by atoms with Gasteiger partial charge < -0.3 is 9.84 Å². The van der Waals surface area contributed by atoms with Crippen molar-refractivity contribution in [2.24, 2.45) is 0 Å². The zero-order chi connectivity index (χ0) is 6.99. The van der Waals surface area contributed by atoms with Crippen molar-refractivity contribution in [1.29, 1.82) is 0 Å². The first-order valence-corrected chi connectivity index (χ1v) is 2.35. The number of carbonyl (C=O) groups is 1. The van der Waals surface area contributed by atoms with Gasteiger partial charge in [-0.05, 0) is 6.92 Å². The number of halogens is 1. The molecule has 1 N–H and O–H groups in total. The first-order chi connectivity index (χ1) is 3.77. The van der Waals surface area contributed by atoms with Crippen LogP contribution in [-0.4, -0.2) is 24.8 Å². The van der Waals surface area contributed by atoms with Crippen LogP contribution in [-0.2, 0) is 9.53 Å². The molecule has 0 rings (SSSR count). The van der Waals surface area contributed by atoms with Gasteiger partial charge in [-0.2, -0.15) is 0 Å². The molecule has 0 amide bonds. The lowest BCUT2D eigenvalue weighted by Gasteiger charge is -1.89. The van der Waals surface area contributed by atoms with Crippen molar-refractivity contribution in [2.75, 3.05) is 13.7 Å². The number of aliphatic hydroxyl groups is 1. The van der Waals surface area contributed by atoms with Crippen LogP contribution < -0.4 is 0 Å². The van der Waals surface area contributed by atoms with E-state index in [9.17, 15) is 4.79 Å². The molecule has 0 aliphatic carbocycles. The van der Waals surface area contributed by atoms with Gasteiger partial charge >= 0.3 is 5.97 Å². The van der Waals surface area contributed by atoms with E-state index in [0.29, 0.717) is 6.61 Å². The molecule has 9 heavy (non-hydrogen) atoms. The van der Waals surface area contributed by atoms with Crippen LogP contribution in [0, 0.1) is 0 Å². The van der Waals surface area contributed by atoms with Gasteiger partial charge in [0.2, 0.25) is 0 Å². The minimum Gasteiger partial charge on any atom is -0.466 e. The third-order valence-electron chi connectivity index (χ3n) is 0.348. The van der Waals surface area contributed by atoms with Crippen molar-refractivity contribution in [3.05, 3.63) is 0 Å². The molecule has 58 valence electrons. The molecule has 0 atom stereocenters. The van der Waals surface area contributed by atoms with E-state index in [1.807, 2.05) is 0 Å². The summed E-state index contributed by atoms with van der Waals surface area (Å²) in [5.41, 5.74) is 0. The van der Waals surface area contributed by atoms with Gasteiger partial charge in [-0.15, -0.1) is 12.4 Å². The predicted molar refractivity (Wildman–Crippen MR) is 37.7 cm³/mol. The third kappa shape index (κ3) is 34.1. The van der Waals surface area contributed by atoms with Gasteiger partial charge in [-0.25, -0.2) is 0 Å². The fourth-order valence-corrected chi connectivity index (χ4v) is 0.203. The van der Waals surface area contributed by atoms with Gasteiger partial charge in [0.15, 0.2) is 0 Å². The second-order valence-electron chi connectivity index (χ2n) is 0.925. The molecule has 0 aromatic heterocycles. The monoisotopic (exact) mass is 156 g/mol. The topological polar surface area (TPSA) is 46.5 Å². The molecule has 0 aromatic rings. The van der Waals surface area contributed by atoms with E-state index < -0.39 is 0 Å². The summed E-state index contributed by atoms with van der Waals surface area (Å²) in [6.45, 7) is 3.65. The van der Waals surface area contributed by atoms with Crippen molar-refractivity contribution in [1.82, 2.24) is 0 Å². The normalized spacial score (nSPS) is 5.78. The van der Waals surface area contributed by atoms with Crippen LogP contribution in [0.25, 0.3) is 0 Å². The lowest BCUT2D eigenvalue weighted by atomic mass is 10.8. The highest BCUT2D eigenvalue weighted by atomic mass is 35.5. The molecule has 0 aliphatic heterocycles. The quantitative estimate of drug-likeness (QED) is 0.566. The summed E-state index contributed by atoms with van der Waals surface area (Å²) in [5.74, 6) is -0.211. The maximum absolute atomic E-state index is 9.82. The van der Waals surface area contributed by atoms with E-state index in [1.165, 1.54) is 6.92 Å². The Morgan fingerprint density at radius 3 is 1.89 bits per heavy atom. The second kappa shape index (κ2) is 15.6. The molecular formula is C5H13ClO3. The van der Waals surface area contributed by atoms with Crippen LogP contribution in [0.15, 0.2) is 0 Å². The fraction of sp³-hybridized carbons (Fsp3) is 0.800. The van der Waals surface area contributed by atoms with E-state index in [-0.39, 0.29) is 18.4 Å². The van der Waals surface area contributed by atoms with Crippen molar-refractivity contribution >= 4 is 18.4 Å². The molecule has 0 radical (unpaired) electrons. The largest absolute Gasteiger partial charge is 0.466 e. The highest BCUT2D eigenvalue weighted by Gasteiger charge is 1.81. The Labute approximate surface area is 61.4 Å². The zero-order valence-electron chi connectivity index (χ0n) is 5.88. The first kappa shape index (κ1) is 15.9. The van der Waals surface area contributed by atoms with E-state index >= 15 is 0 Å². The van der Waals surface area contributed by atoms with Gasteiger partial charge in [0, 0.05) is 14.0 Å². The van der Waals surface area contributed by atoms with Crippen LogP contribution in [0.1, 0.15) is 13.8 Å². The van der Waals surface area contributed by atoms with Crippen LogP contribution in [0.3, 0.4) is 0 Å². The minimum atomic E-state index is -0.211. The van der Waals surface area contributed by atoms with Crippen molar-refractivity contribution in [3.63, 3.8) is 0 Å². The number of aliphatic hydroxyl groups excluding tert-OH is 1. The van der Waals surface area contributed by atoms with Crippen molar-refractivity contribution in [2.45, 2.75) is 13.8 Å². The minimum absolute atomic E-state index is 0. The van der Waals surface area contributed by atoms with Gasteiger partial charge in [0.05, 0.1) is 6.61 Å². The van der Waals surface area contributed by atoms with Crippen LogP contribution >= 0.6 is 12.4 Å². The molecular weight excluding hydrogens is 144 g/mol. The Hall–Kier alpha value is -0.280. The third-order valence-corrected chi connectivity index (χ3v) is 0.348. The Morgan fingerprint density at radius 1 is 1.56 bits per heavy atom. The molecule has 0 saturated heterocycles. The van der Waals surface area contributed by atoms with Crippen molar-refractivity contribution < 1.29 is 14.6 Å². The van der Waals surface area contributed by atoms with Gasteiger partial charge in [-0.3, -0.25) is 4.79 Å². The number of hydrogen-bond donors (Lipinski definition) is 1. The Morgan fingerprint density at radius 2 is 1.89 bits per heavy atom. The predicted octanol–water partition coefficient (Wildman–Crippen LogP) is 0.600. The fourth-order valence-electron chi connectivity index (χ4n) is 0.203. The van der Waals surface area contributed by atoms with E-state index in [2.05, 4.69) is 4.74 Å². The molecule has 0 saturated carbocycles. The number of rotatable bonds is 1. The molecule has 4 heteroatoms. The van der Waals surface area contributed by atoms with Gasteiger partial charge in [0.1, 0.15) is 0 Å². The maximum Gasteiger partial charge on any atom is 0.302 e. The van der Waals surface area contributed by atoms with E-state index in [0.717, 1.165) is 7.11 Å². The number of ether oxygens (including phenoxy) is 1. The molecule has 0 heterocycles. The zero-order valence-corrected chi connectivity index (χ0v) is 6.70. The molecule has 0 aromatic carbocycles. The van der Waals surface area contributed by atoms with E-state index in [4.69, 9.17) is 5.11 Å². The van der Waals surface area contributed by atoms with Gasteiger partial charge in [-0.1, -0.05) is 0 Å². The Bertz CT molecular complexity index is 56.2. The molecule has 0 fully saturated rings. The maximum atomic E-state index is 9.82. The van der Waals surface area contributed by atoms with Crippen LogP contribution in [0.4, 0.5) is 0 Å². The molecule has 0 unspecified atom stereocenters. The Kier molecular flexibility index (Phi) is 27.6. The Balaban J connectivity index is -0.000000109.